The second kappa shape index (κ2) is 26.6. The summed E-state index contributed by atoms with van der Waals surface area (Å²) in [7, 11) is 0. The summed E-state index contributed by atoms with van der Waals surface area (Å²) < 4.78 is 0. The summed E-state index contributed by atoms with van der Waals surface area (Å²) in [6, 6.07) is 68.7. The quantitative estimate of drug-likeness (QED) is 0.0629. The van der Waals surface area contributed by atoms with Crippen molar-refractivity contribution < 1.29 is 59.4 Å². The first kappa shape index (κ1) is 62.3. The van der Waals surface area contributed by atoms with Crippen LogP contribution in [0.3, 0.4) is 0 Å². The second-order valence-corrected chi connectivity index (χ2v) is 24.1. The van der Waals surface area contributed by atoms with E-state index < -0.39 is 34.7 Å². The Hall–Kier alpha value is -12.5. The molecular weight excluding hydrogens is 1200 g/mol. The van der Waals surface area contributed by atoms with Crippen LogP contribution < -0.4 is 0 Å². The number of fused-ring (bicyclic) bond motifs is 12. The normalized spacial score (nSPS) is 12.0. The Morgan fingerprint density at radius 3 is 0.375 bits per heavy atom. The minimum Gasteiger partial charge on any atom is -0.507 e. The average molecular weight is 1260 g/mol. The second-order valence-electron chi connectivity index (χ2n) is 24.1. The minimum atomic E-state index is -0.437. The van der Waals surface area contributed by atoms with Crippen molar-refractivity contribution in [3.63, 3.8) is 0 Å². The maximum absolute atomic E-state index is 14.7. The molecule has 0 saturated heterocycles. The SMILES string of the molecule is O=C(c1ccccc1)c1cc2c(O)c(c1)Cc1cc(C(=O)c3ccccc3)cc(c1O)Cc1cc(C(=O)c3ccccc3)cc(c1O)Cc1cc(C(=O)c3ccccc3)cc(c1O)Cc1cc(C(=O)c3ccccc3)cc(c1O)Cc1cc(C(=O)c3ccccc3)cc(c1O)C2. The third-order valence-electron chi connectivity index (χ3n) is 17.7. The van der Waals surface area contributed by atoms with Crippen molar-refractivity contribution in [2.75, 3.05) is 0 Å². The molecule has 96 heavy (non-hydrogen) atoms. The highest BCUT2D eigenvalue weighted by molar-refractivity contribution is 6.13. The van der Waals surface area contributed by atoms with Crippen LogP contribution in [0.5, 0.6) is 34.5 Å². The lowest BCUT2D eigenvalue weighted by molar-refractivity contribution is 0.103. The monoisotopic (exact) mass is 1260 g/mol. The van der Waals surface area contributed by atoms with E-state index in [0.29, 0.717) is 33.4 Å². The molecule has 0 aliphatic heterocycles. The van der Waals surface area contributed by atoms with Gasteiger partial charge in [0.05, 0.1) is 0 Å². The molecule has 0 saturated carbocycles. The van der Waals surface area contributed by atoms with Crippen molar-refractivity contribution in [2.45, 2.75) is 38.5 Å². The van der Waals surface area contributed by atoms with Gasteiger partial charge in [0, 0.05) is 105 Å². The van der Waals surface area contributed by atoms with Crippen LogP contribution >= 0.6 is 0 Å². The zero-order chi connectivity index (χ0) is 66.7. The lowest BCUT2D eigenvalue weighted by Crippen LogP contribution is -2.09. The molecule has 0 radical (unpaired) electrons. The Morgan fingerprint density at radius 2 is 0.271 bits per heavy atom. The predicted molar refractivity (Wildman–Crippen MR) is 365 cm³/mol. The van der Waals surface area contributed by atoms with Gasteiger partial charge in [-0.3, -0.25) is 28.8 Å². The number of carbonyl (C=O) groups excluding carboxylic acids is 6. The first-order valence-electron chi connectivity index (χ1n) is 31.2. The number of hydrogen-bond acceptors (Lipinski definition) is 12. The number of ketones is 6. The van der Waals surface area contributed by atoms with Gasteiger partial charge in [-0.1, -0.05) is 182 Å². The molecule has 468 valence electrons. The minimum absolute atomic E-state index is 0.111. The van der Waals surface area contributed by atoms with Gasteiger partial charge in [-0.25, -0.2) is 0 Å². The molecule has 0 heterocycles. The number of hydrogen-bond donors (Lipinski definition) is 6. The van der Waals surface area contributed by atoms with E-state index in [1.807, 2.05) is 0 Å². The summed E-state index contributed by atoms with van der Waals surface area (Å²) in [6.07, 6.45) is -1.86. The lowest BCUT2D eigenvalue weighted by atomic mass is 9.86. The van der Waals surface area contributed by atoms with E-state index in [1.54, 1.807) is 182 Å². The Labute approximate surface area is 552 Å². The van der Waals surface area contributed by atoms with E-state index in [4.69, 9.17) is 0 Å². The molecule has 0 amide bonds. The Kier molecular flexibility index (Phi) is 17.2. The molecular formula is C84H60O12. The van der Waals surface area contributed by atoms with Crippen LogP contribution in [0.2, 0.25) is 0 Å². The fourth-order valence-corrected chi connectivity index (χ4v) is 12.7. The van der Waals surface area contributed by atoms with Crippen molar-refractivity contribution >= 4 is 34.7 Å². The van der Waals surface area contributed by atoms with Crippen LogP contribution in [-0.4, -0.2) is 65.3 Å². The van der Waals surface area contributed by atoms with Crippen LogP contribution in [0, 0.1) is 0 Å². The van der Waals surface area contributed by atoms with Gasteiger partial charge in [-0.2, -0.15) is 0 Å². The van der Waals surface area contributed by atoms with Crippen LogP contribution in [0.4, 0.5) is 0 Å². The number of benzene rings is 12. The third-order valence-corrected chi connectivity index (χ3v) is 17.7. The summed E-state index contributed by atoms with van der Waals surface area (Å²) in [5, 5.41) is 76.6. The van der Waals surface area contributed by atoms with E-state index in [1.165, 1.54) is 72.8 Å². The summed E-state index contributed by atoms with van der Waals surface area (Å²) in [4.78, 5) is 88.4. The van der Waals surface area contributed by atoms with E-state index in [9.17, 15) is 59.4 Å². The lowest BCUT2D eigenvalue weighted by Gasteiger charge is -2.20. The molecule has 12 bridgehead atoms. The molecule has 0 atom stereocenters. The molecule has 13 rings (SSSR count). The highest BCUT2D eigenvalue weighted by Gasteiger charge is 2.28. The molecule has 12 aromatic rings. The fourth-order valence-electron chi connectivity index (χ4n) is 12.7. The maximum Gasteiger partial charge on any atom is 0.193 e. The van der Waals surface area contributed by atoms with E-state index >= 15 is 0 Å². The zero-order valence-electron chi connectivity index (χ0n) is 51.6. The smallest absolute Gasteiger partial charge is 0.193 e. The highest BCUT2D eigenvalue weighted by atomic mass is 16.3. The highest BCUT2D eigenvalue weighted by Crippen LogP contribution is 2.42. The van der Waals surface area contributed by atoms with Gasteiger partial charge in [0.15, 0.2) is 34.7 Å². The number of carbonyl (C=O) groups is 6. The molecule has 0 spiro atoms. The standard InChI is InChI=1S/C84H60O12/c85-73(49-19-7-1-8-20-49)55-31-61-43-63-33-56(74(86)50-21-9-2-10-22-50)35-65(80(63)92)45-67-37-58(76(88)52-25-13-4-14-26-52)39-69(82(67)94)47-71-41-60(78(90)54-29-17-6-18-30-54)42-72(84(71)96)48-70-40-59(77(89)53-27-15-5-16-28-53)38-68(83(70)95)46-66-36-57(75(87)51-23-11-3-12-24-51)34-64(81(66)93)44-62(32-55)79(61)91/h1-42,91-96H,43-48H2. The largest absolute Gasteiger partial charge is 0.507 e. The van der Waals surface area contributed by atoms with Crippen LogP contribution in [0.15, 0.2) is 255 Å². The zero-order valence-corrected chi connectivity index (χ0v) is 51.6. The summed E-state index contributed by atoms with van der Waals surface area (Å²) >= 11 is 0. The number of aromatic hydroxyl groups is 6. The van der Waals surface area contributed by atoms with E-state index in [2.05, 4.69) is 0 Å². The number of phenolic OH excluding ortho intramolecular Hbond substituents is 6. The maximum atomic E-state index is 14.7. The molecule has 0 fully saturated rings. The average Bonchev–Trinajstić information content (AvgIpc) is 0.877. The molecule has 12 heteroatoms. The summed E-state index contributed by atoms with van der Waals surface area (Å²) in [6.45, 7) is 0. The third kappa shape index (κ3) is 12.7. The van der Waals surface area contributed by atoms with Gasteiger partial charge in [-0.15, -0.1) is 0 Å². The van der Waals surface area contributed by atoms with Crippen molar-refractivity contribution in [1.82, 2.24) is 0 Å². The van der Waals surface area contributed by atoms with E-state index in [0.717, 1.165) is 0 Å². The van der Waals surface area contributed by atoms with Crippen molar-refractivity contribution in [3.8, 4) is 34.5 Å². The van der Waals surface area contributed by atoms with Gasteiger partial charge in [0.25, 0.3) is 0 Å². The molecule has 1 aliphatic carbocycles. The van der Waals surface area contributed by atoms with Crippen molar-refractivity contribution in [3.05, 3.63) is 388 Å². The van der Waals surface area contributed by atoms with Gasteiger partial charge >= 0.3 is 0 Å². The van der Waals surface area contributed by atoms with Crippen LogP contribution in [0.25, 0.3) is 0 Å². The molecule has 0 aromatic heterocycles. The number of rotatable bonds is 12. The van der Waals surface area contributed by atoms with Crippen molar-refractivity contribution in [1.29, 1.82) is 0 Å². The van der Waals surface area contributed by atoms with Gasteiger partial charge in [-0.05, 0) is 140 Å². The molecule has 12 nitrogen and oxygen atoms in total. The topological polar surface area (TPSA) is 224 Å². The molecule has 6 N–H and O–H groups in total. The first-order valence-corrected chi connectivity index (χ1v) is 31.2. The van der Waals surface area contributed by atoms with Crippen LogP contribution in [0.1, 0.15) is 162 Å². The number of phenols is 6. The van der Waals surface area contributed by atoms with Crippen molar-refractivity contribution in [2.24, 2.45) is 0 Å². The van der Waals surface area contributed by atoms with Gasteiger partial charge in [0.2, 0.25) is 0 Å². The van der Waals surface area contributed by atoms with Crippen LogP contribution in [-0.2, 0) is 38.5 Å². The Morgan fingerprint density at radius 1 is 0.167 bits per heavy atom. The molecule has 1 aliphatic rings. The summed E-state index contributed by atoms with van der Waals surface area (Å²) in [5.41, 5.74) is 3.94. The molecule has 12 aromatic carbocycles. The Bertz CT molecular complexity index is 4120. The van der Waals surface area contributed by atoms with Gasteiger partial charge < -0.3 is 30.6 Å². The van der Waals surface area contributed by atoms with E-state index in [-0.39, 0.29) is 173 Å². The fraction of sp³-hybridized carbons (Fsp3) is 0.0714. The first-order chi connectivity index (χ1) is 46.5. The molecule has 0 unspecified atom stereocenters. The Balaban J connectivity index is 1.08. The summed E-state index contributed by atoms with van der Waals surface area (Å²) in [5.74, 6) is -4.71. The predicted octanol–water partition coefficient (Wildman–Crippen LogP) is 15.2. The van der Waals surface area contributed by atoms with Gasteiger partial charge in [0.1, 0.15) is 34.5 Å².